The Morgan fingerprint density at radius 2 is 1.23 bits per heavy atom. The highest BCUT2D eigenvalue weighted by molar-refractivity contribution is 9.15. The zero-order chi connectivity index (χ0) is 31.9. The second-order valence-electron chi connectivity index (χ2n) is 9.11. The molecule has 4 aromatic carbocycles. The highest BCUT2D eigenvalue weighted by Crippen LogP contribution is 2.45. The molecule has 0 fully saturated rings. The van der Waals surface area contributed by atoms with Crippen LogP contribution >= 0.6 is 91.3 Å². The molecule has 0 atom stereocenters. The highest BCUT2D eigenvalue weighted by Gasteiger charge is 2.46. The van der Waals surface area contributed by atoms with Crippen LogP contribution in [0.3, 0.4) is 0 Å². The van der Waals surface area contributed by atoms with E-state index in [1.165, 1.54) is 36.4 Å². The summed E-state index contributed by atoms with van der Waals surface area (Å²) in [6.45, 7) is -0.689. The van der Waals surface area contributed by atoms with Gasteiger partial charge < -0.3 is 4.74 Å². The van der Waals surface area contributed by atoms with Crippen molar-refractivity contribution in [3.63, 3.8) is 0 Å². The molecule has 0 radical (unpaired) electrons. The van der Waals surface area contributed by atoms with E-state index in [0.717, 1.165) is 9.48 Å². The second kappa shape index (κ2) is 13.4. The van der Waals surface area contributed by atoms with E-state index < -0.39 is 36.0 Å². The molecule has 0 saturated carbocycles. The van der Waals surface area contributed by atoms with Gasteiger partial charge >= 0.3 is 5.97 Å². The maximum absolute atomic E-state index is 13.8. The number of nitrogens with zero attached hydrogens (tertiary/aromatic N) is 2. The third-order valence-electron chi connectivity index (χ3n) is 6.42. The Kier molecular flexibility index (Phi) is 9.93. The molecule has 1 aliphatic heterocycles. The lowest BCUT2D eigenvalue weighted by molar-refractivity contribution is 0.00527. The summed E-state index contributed by atoms with van der Waals surface area (Å²) in [5, 5.41) is 1.48. The zero-order valence-corrected chi connectivity index (χ0v) is 30.4. The number of carbonyl (C=O) groups excluding carboxylic acids is 5. The summed E-state index contributed by atoms with van der Waals surface area (Å²) in [6, 6.07) is 18.4. The first-order chi connectivity index (χ1) is 20.9. The Balaban J connectivity index is 1.46. The summed E-state index contributed by atoms with van der Waals surface area (Å²) in [5.41, 5.74) is 0.445. The molecule has 4 aromatic rings. The van der Waals surface area contributed by atoms with Gasteiger partial charge in [-0.3, -0.25) is 19.2 Å². The minimum atomic E-state index is -0.844. The molecule has 14 heteroatoms. The summed E-state index contributed by atoms with van der Waals surface area (Å²) >= 11 is 23.1. The molecule has 0 saturated heterocycles. The predicted octanol–water partition coefficient (Wildman–Crippen LogP) is 8.91. The number of hydrogen-bond acceptors (Lipinski definition) is 6. The molecule has 3 amide bonds. The van der Waals surface area contributed by atoms with E-state index in [0.29, 0.717) is 19.5 Å². The maximum atomic E-state index is 13.8. The summed E-state index contributed by atoms with van der Waals surface area (Å²) in [5.74, 6) is -3.50. The average Bonchev–Trinajstić information content (AvgIpc) is 3.27. The molecule has 0 aromatic heterocycles. The van der Waals surface area contributed by atoms with Crippen LogP contribution in [0.25, 0.3) is 0 Å². The summed E-state index contributed by atoms with van der Waals surface area (Å²) in [4.78, 5) is 67.3. The molecule has 0 aliphatic carbocycles. The average molecular weight is 933 g/mol. The Morgan fingerprint density at radius 1 is 0.705 bits per heavy atom. The Hall–Kier alpha value is -2.68. The van der Waals surface area contributed by atoms with E-state index in [9.17, 15) is 24.0 Å². The molecule has 1 heterocycles. The van der Waals surface area contributed by atoms with Gasteiger partial charge in [-0.2, -0.15) is 5.01 Å². The first kappa shape index (κ1) is 32.7. The van der Waals surface area contributed by atoms with Gasteiger partial charge in [0.05, 0.1) is 27.3 Å². The van der Waals surface area contributed by atoms with Crippen molar-refractivity contribution >= 4 is 121 Å². The fourth-order valence-electron chi connectivity index (χ4n) is 4.25. The highest BCUT2D eigenvalue weighted by atomic mass is 79.9. The van der Waals surface area contributed by atoms with Gasteiger partial charge in [0.25, 0.3) is 17.7 Å². The standard InChI is InChI=1S/C30H14Br5ClN2O6/c31-16-9-5-15(6-10-16)30(43)44-17-11-7-14(8-12-17)20(39)13-37(27(40)18-3-1-2-4-19(18)36)38-28(41)21-22(29(38)42)24(33)26(35)25(34)23(21)32/h1-12H,13H2. The predicted molar refractivity (Wildman–Crippen MR) is 180 cm³/mol. The van der Waals surface area contributed by atoms with Crippen LogP contribution < -0.4 is 4.74 Å². The third-order valence-corrected chi connectivity index (χ3v) is 12.0. The minimum Gasteiger partial charge on any atom is -0.423 e. The Bertz CT molecular complexity index is 1840. The van der Waals surface area contributed by atoms with E-state index in [2.05, 4.69) is 79.6 Å². The monoisotopic (exact) mass is 928 g/mol. The first-order valence-electron chi connectivity index (χ1n) is 12.3. The van der Waals surface area contributed by atoms with E-state index in [4.69, 9.17) is 16.3 Å². The fraction of sp³-hybridized carbons (Fsp3) is 0.0333. The van der Waals surface area contributed by atoms with Crippen molar-refractivity contribution in [3.8, 4) is 5.75 Å². The lowest BCUT2D eigenvalue weighted by Crippen LogP contribution is -2.51. The summed E-state index contributed by atoms with van der Waals surface area (Å²) in [6.07, 6.45) is 0. The van der Waals surface area contributed by atoms with Crippen LogP contribution in [0.4, 0.5) is 0 Å². The number of carbonyl (C=O) groups is 5. The number of ether oxygens (including phenoxy) is 1. The van der Waals surface area contributed by atoms with Gasteiger partial charge in [-0.15, -0.1) is 0 Å². The van der Waals surface area contributed by atoms with Gasteiger partial charge in [0.15, 0.2) is 5.78 Å². The van der Waals surface area contributed by atoms with Crippen molar-refractivity contribution in [1.29, 1.82) is 0 Å². The molecule has 5 rings (SSSR count). The van der Waals surface area contributed by atoms with Crippen LogP contribution in [0.1, 0.15) is 51.8 Å². The molecule has 0 unspecified atom stereocenters. The molecular weight excluding hydrogens is 919 g/mol. The number of fused-ring (bicyclic) bond motifs is 1. The molecule has 44 heavy (non-hydrogen) atoms. The largest absolute Gasteiger partial charge is 0.423 e. The maximum Gasteiger partial charge on any atom is 0.343 e. The number of halogens is 6. The SMILES string of the molecule is O=C(CN(C(=O)c1ccccc1Cl)N1C(=O)c2c(Br)c(Br)c(Br)c(Br)c2C1=O)c1ccc(OC(=O)c2ccc(Br)cc2)cc1. The first-order valence-corrected chi connectivity index (χ1v) is 16.7. The van der Waals surface area contributed by atoms with Gasteiger partial charge in [-0.05, 0) is 124 Å². The third kappa shape index (κ3) is 6.22. The van der Waals surface area contributed by atoms with Crippen molar-refractivity contribution in [3.05, 3.63) is 128 Å². The topological polar surface area (TPSA) is 101 Å². The molecule has 0 bridgehead atoms. The van der Waals surface area contributed by atoms with Crippen LogP contribution in [0.2, 0.25) is 5.02 Å². The van der Waals surface area contributed by atoms with Gasteiger partial charge in [0.2, 0.25) is 0 Å². The Morgan fingerprint density at radius 3 is 1.77 bits per heavy atom. The number of esters is 1. The number of rotatable bonds is 7. The van der Waals surface area contributed by atoms with E-state index in [1.54, 1.807) is 36.4 Å². The van der Waals surface area contributed by atoms with Crippen molar-refractivity contribution in [2.75, 3.05) is 6.54 Å². The molecule has 8 nitrogen and oxygen atoms in total. The number of hydrazine groups is 1. The minimum absolute atomic E-state index is 0.00157. The molecular formula is C30H14Br5ClN2O6. The number of imide groups is 1. The fourth-order valence-corrected chi connectivity index (χ4v) is 7.19. The number of amides is 3. The molecule has 0 N–H and O–H groups in total. The molecule has 1 aliphatic rings. The molecule has 222 valence electrons. The van der Waals surface area contributed by atoms with Gasteiger partial charge in [-0.25, -0.2) is 9.80 Å². The smallest absolute Gasteiger partial charge is 0.343 e. The molecule has 0 spiro atoms. The number of hydrogen-bond donors (Lipinski definition) is 0. The number of Topliss-reactive ketones (excluding diaryl/α,β-unsaturated/α-hetero) is 1. The van der Waals surface area contributed by atoms with Crippen LogP contribution in [0.5, 0.6) is 5.75 Å². The number of ketones is 1. The van der Waals surface area contributed by atoms with Crippen molar-refractivity contribution in [2.45, 2.75) is 0 Å². The van der Waals surface area contributed by atoms with Gasteiger partial charge in [-0.1, -0.05) is 39.7 Å². The number of benzene rings is 4. The van der Waals surface area contributed by atoms with Crippen LogP contribution in [0, 0.1) is 0 Å². The van der Waals surface area contributed by atoms with Crippen molar-refractivity contribution < 1.29 is 28.7 Å². The quantitative estimate of drug-likeness (QED) is 0.0459. The van der Waals surface area contributed by atoms with E-state index in [1.807, 2.05) is 0 Å². The zero-order valence-electron chi connectivity index (χ0n) is 21.7. The lowest BCUT2D eigenvalue weighted by Gasteiger charge is -2.29. The van der Waals surface area contributed by atoms with Gasteiger partial charge in [0, 0.05) is 27.9 Å². The van der Waals surface area contributed by atoms with Crippen LogP contribution in [-0.2, 0) is 0 Å². The summed E-state index contributed by atoms with van der Waals surface area (Å²) in [7, 11) is 0. The normalized spacial score (nSPS) is 12.3. The van der Waals surface area contributed by atoms with Crippen molar-refractivity contribution in [1.82, 2.24) is 10.0 Å². The van der Waals surface area contributed by atoms with E-state index in [-0.39, 0.29) is 42.0 Å². The van der Waals surface area contributed by atoms with Crippen LogP contribution in [0.15, 0.2) is 95.2 Å². The second-order valence-corrected chi connectivity index (χ2v) is 13.6. The van der Waals surface area contributed by atoms with E-state index >= 15 is 0 Å². The van der Waals surface area contributed by atoms with Crippen LogP contribution in [-0.4, -0.2) is 46.0 Å². The Labute approximate surface area is 297 Å². The van der Waals surface area contributed by atoms with Gasteiger partial charge in [0.1, 0.15) is 12.3 Å². The summed E-state index contributed by atoms with van der Waals surface area (Å²) < 4.78 is 7.70. The lowest BCUT2D eigenvalue weighted by atomic mass is 10.1. The van der Waals surface area contributed by atoms with Crippen molar-refractivity contribution in [2.24, 2.45) is 0 Å².